The van der Waals surface area contributed by atoms with E-state index in [2.05, 4.69) is 0 Å². The molecular weight excluding hydrogens is 263 g/mol. The van der Waals surface area contributed by atoms with Crippen molar-refractivity contribution in [3.63, 3.8) is 0 Å². The van der Waals surface area contributed by atoms with Crippen LogP contribution >= 0.6 is 23.2 Å². The minimum absolute atomic E-state index is 0.325. The molecule has 1 rings (SSSR count). The molecule has 1 unspecified atom stereocenters. The highest BCUT2D eigenvalue weighted by Gasteiger charge is 2.24. The molecule has 0 radical (unpaired) electrons. The van der Waals surface area contributed by atoms with E-state index in [1.807, 2.05) is 13.8 Å². The molecule has 5 heteroatoms. The first-order chi connectivity index (χ1) is 8.11. The summed E-state index contributed by atoms with van der Waals surface area (Å²) < 4.78 is 10.6. The molecule has 0 saturated carbocycles. The summed E-state index contributed by atoms with van der Waals surface area (Å²) in [5.74, 6) is 0. The highest BCUT2D eigenvalue weighted by Crippen LogP contribution is 2.32. The van der Waals surface area contributed by atoms with Crippen molar-refractivity contribution >= 4 is 23.2 Å². The van der Waals surface area contributed by atoms with E-state index in [4.69, 9.17) is 32.7 Å². The fourth-order valence-corrected chi connectivity index (χ4v) is 1.87. The highest BCUT2D eigenvalue weighted by molar-refractivity contribution is 6.42. The molecule has 0 amide bonds. The number of rotatable bonds is 6. The van der Waals surface area contributed by atoms with E-state index >= 15 is 0 Å². The summed E-state index contributed by atoms with van der Waals surface area (Å²) in [6.45, 7) is 4.55. The molecule has 1 atom stereocenters. The fraction of sp³-hybridized carbons (Fsp3) is 0.500. The standard InChI is InChI=1S/C12H16Cl2O3/c1-3-16-12(17-4-2)11(15)8-6-5-7-9(13)10(8)14/h5-7,11-12,15H,3-4H2,1-2H3. The molecule has 0 aliphatic rings. The van der Waals surface area contributed by atoms with Crippen molar-refractivity contribution in [1.29, 1.82) is 0 Å². The Hall–Kier alpha value is -0.320. The smallest absolute Gasteiger partial charge is 0.187 e. The van der Waals surface area contributed by atoms with Gasteiger partial charge in [-0.15, -0.1) is 0 Å². The van der Waals surface area contributed by atoms with E-state index in [9.17, 15) is 5.11 Å². The van der Waals surface area contributed by atoms with Crippen molar-refractivity contribution in [3.05, 3.63) is 33.8 Å². The van der Waals surface area contributed by atoms with Crippen LogP contribution in [0.5, 0.6) is 0 Å². The van der Waals surface area contributed by atoms with E-state index in [-0.39, 0.29) is 0 Å². The third kappa shape index (κ3) is 3.83. The van der Waals surface area contributed by atoms with Crippen LogP contribution in [0.25, 0.3) is 0 Å². The molecule has 0 spiro atoms. The van der Waals surface area contributed by atoms with E-state index in [1.54, 1.807) is 18.2 Å². The van der Waals surface area contributed by atoms with E-state index in [0.717, 1.165) is 0 Å². The zero-order valence-electron chi connectivity index (χ0n) is 9.82. The first-order valence-corrected chi connectivity index (χ1v) is 6.22. The van der Waals surface area contributed by atoms with Gasteiger partial charge in [-0.3, -0.25) is 0 Å². The van der Waals surface area contributed by atoms with Gasteiger partial charge in [0.05, 0.1) is 10.0 Å². The second kappa shape index (κ2) is 7.19. The normalized spacial score (nSPS) is 13.1. The molecule has 0 saturated heterocycles. The largest absolute Gasteiger partial charge is 0.383 e. The molecule has 0 aliphatic carbocycles. The maximum Gasteiger partial charge on any atom is 0.187 e. The first-order valence-electron chi connectivity index (χ1n) is 5.47. The average molecular weight is 279 g/mol. The molecule has 0 aromatic heterocycles. The van der Waals surface area contributed by atoms with Crippen molar-refractivity contribution < 1.29 is 14.6 Å². The Balaban J connectivity index is 2.92. The lowest BCUT2D eigenvalue weighted by molar-refractivity contribution is -0.191. The fourth-order valence-electron chi connectivity index (χ4n) is 1.45. The number of aliphatic hydroxyl groups excluding tert-OH is 1. The van der Waals surface area contributed by atoms with Crippen LogP contribution in [0, 0.1) is 0 Å². The minimum atomic E-state index is -0.957. The van der Waals surface area contributed by atoms with Gasteiger partial charge in [-0.1, -0.05) is 35.3 Å². The number of hydrogen-bond acceptors (Lipinski definition) is 3. The van der Waals surface area contributed by atoms with E-state index in [1.165, 1.54) is 0 Å². The van der Waals surface area contributed by atoms with Crippen molar-refractivity contribution in [2.45, 2.75) is 26.2 Å². The summed E-state index contributed by atoms with van der Waals surface area (Å²) in [6.07, 6.45) is -1.69. The summed E-state index contributed by atoms with van der Waals surface area (Å²) in [5.41, 5.74) is 0.506. The van der Waals surface area contributed by atoms with Crippen LogP contribution in [-0.4, -0.2) is 24.6 Å². The highest BCUT2D eigenvalue weighted by atomic mass is 35.5. The van der Waals surface area contributed by atoms with Crippen LogP contribution in [0.4, 0.5) is 0 Å². The molecule has 0 fully saturated rings. The number of aliphatic hydroxyl groups is 1. The SMILES string of the molecule is CCOC(OCC)C(O)c1cccc(Cl)c1Cl. The lowest BCUT2D eigenvalue weighted by atomic mass is 10.1. The Kier molecular flexibility index (Phi) is 6.23. The molecule has 0 aliphatic heterocycles. The summed E-state index contributed by atoms with van der Waals surface area (Å²) >= 11 is 11.9. The molecule has 1 aromatic rings. The Morgan fingerprint density at radius 3 is 2.29 bits per heavy atom. The van der Waals surface area contributed by atoms with Gasteiger partial charge in [0.1, 0.15) is 6.10 Å². The number of hydrogen-bond donors (Lipinski definition) is 1. The van der Waals surface area contributed by atoms with Crippen LogP contribution in [-0.2, 0) is 9.47 Å². The third-order valence-corrected chi connectivity index (χ3v) is 3.05. The number of ether oxygens (including phenoxy) is 2. The molecule has 3 nitrogen and oxygen atoms in total. The maximum absolute atomic E-state index is 10.2. The van der Waals surface area contributed by atoms with Crippen molar-refractivity contribution in [2.24, 2.45) is 0 Å². The van der Waals surface area contributed by atoms with Gasteiger partial charge in [0.2, 0.25) is 0 Å². The molecule has 96 valence electrons. The summed E-state index contributed by atoms with van der Waals surface area (Å²) in [6, 6.07) is 5.09. The van der Waals surface area contributed by atoms with Gasteiger partial charge in [0, 0.05) is 18.8 Å². The average Bonchev–Trinajstić information content (AvgIpc) is 2.31. The van der Waals surface area contributed by atoms with Crippen molar-refractivity contribution in [1.82, 2.24) is 0 Å². The van der Waals surface area contributed by atoms with E-state index in [0.29, 0.717) is 28.8 Å². The van der Waals surface area contributed by atoms with Gasteiger partial charge in [-0.25, -0.2) is 0 Å². The van der Waals surface area contributed by atoms with Crippen LogP contribution in [0.3, 0.4) is 0 Å². The molecule has 1 N–H and O–H groups in total. The summed E-state index contributed by atoms with van der Waals surface area (Å²) in [5, 5.41) is 10.9. The lowest BCUT2D eigenvalue weighted by Gasteiger charge is -2.23. The van der Waals surface area contributed by atoms with Crippen LogP contribution in [0.15, 0.2) is 18.2 Å². The lowest BCUT2D eigenvalue weighted by Crippen LogP contribution is -2.26. The molecular formula is C12H16Cl2O3. The minimum Gasteiger partial charge on any atom is -0.383 e. The van der Waals surface area contributed by atoms with Crippen LogP contribution in [0.1, 0.15) is 25.5 Å². The molecule has 17 heavy (non-hydrogen) atoms. The topological polar surface area (TPSA) is 38.7 Å². The van der Waals surface area contributed by atoms with Crippen LogP contribution in [0.2, 0.25) is 10.0 Å². The zero-order valence-corrected chi connectivity index (χ0v) is 11.3. The number of benzene rings is 1. The number of halogens is 2. The first kappa shape index (κ1) is 14.7. The van der Waals surface area contributed by atoms with Gasteiger partial charge in [-0.05, 0) is 19.9 Å². The zero-order chi connectivity index (χ0) is 12.8. The van der Waals surface area contributed by atoms with Gasteiger partial charge < -0.3 is 14.6 Å². The third-order valence-electron chi connectivity index (χ3n) is 2.22. The molecule has 0 heterocycles. The van der Waals surface area contributed by atoms with Gasteiger partial charge >= 0.3 is 0 Å². The Morgan fingerprint density at radius 2 is 1.76 bits per heavy atom. The maximum atomic E-state index is 10.2. The molecule has 0 bridgehead atoms. The monoisotopic (exact) mass is 278 g/mol. The van der Waals surface area contributed by atoms with Crippen molar-refractivity contribution in [2.75, 3.05) is 13.2 Å². The summed E-state index contributed by atoms with van der Waals surface area (Å²) in [4.78, 5) is 0. The second-order valence-electron chi connectivity index (χ2n) is 3.37. The Morgan fingerprint density at radius 1 is 1.18 bits per heavy atom. The quantitative estimate of drug-likeness (QED) is 0.811. The molecule has 1 aromatic carbocycles. The Bertz CT molecular complexity index is 352. The summed E-state index contributed by atoms with van der Waals surface area (Å²) in [7, 11) is 0. The van der Waals surface area contributed by atoms with Gasteiger partial charge in [0.25, 0.3) is 0 Å². The Labute approximate surface area is 111 Å². The predicted octanol–water partition coefficient (Wildman–Crippen LogP) is 3.43. The predicted molar refractivity (Wildman–Crippen MR) is 68.5 cm³/mol. The van der Waals surface area contributed by atoms with Crippen molar-refractivity contribution in [3.8, 4) is 0 Å². The van der Waals surface area contributed by atoms with E-state index < -0.39 is 12.4 Å². The van der Waals surface area contributed by atoms with Gasteiger partial charge in [0.15, 0.2) is 6.29 Å². The second-order valence-corrected chi connectivity index (χ2v) is 4.15. The van der Waals surface area contributed by atoms with Gasteiger partial charge in [-0.2, -0.15) is 0 Å². The van der Waals surface area contributed by atoms with Crippen LogP contribution < -0.4 is 0 Å².